The van der Waals surface area contributed by atoms with E-state index in [1.54, 1.807) is 0 Å². The summed E-state index contributed by atoms with van der Waals surface area (Å²) in [6.45, 7) is 3.30. The minimum absolute atomic E-state index is 0.449. The molecule has 1 aliphatic heterocycles. The lowest BCUT2D eigenvalue weighted by Crippen LogP contribution is -2.18. The Morgan fingerprint density at radius 3 is 3.17 bits per heavy atom. The monoisotopic (exact) mass is 241 g/mol. The van der Waals surface area contributed by atoms with E-state index in [1.807, 2.05) is 0 Å². The summed E-state index contributed by atoms with van der Waals surface area (Å²) in [7, 11) is 0. The summed E-state index contributed by atoms with van der Waals surface area (Å²) in [4.78, 5) is 8.30. The van der Waals surface area contributed by atoms with Gasteiger partial charge >= 0.3 is 0 Å². The second-order valence-corrected chi connectivity index (χ2v) is 5.88. The van der Waals surface area contributed by atoms with Gasteiger partial charge in [0.25, 0.3) is 0 Å². The van der Waals surface area contributed by atoms with E-state index < -0.39 is 0 Å². The van der Waals surface area contributed by atoms with E-state index in [0.29, 0.717) is 6.04 Å². The molecule has 1 aliphatic carbocycles. The highest BCUT2D eigenvalue weighted by atomic mass is 15.1. The zero-order valence-electron chi connectivity index (χ0n) is 10.7. The Morgan fingerprint density at radius 1 is 1.28 bits per heavy atom. The van der Waals surface area contributed by atoms with E-state index in [9.17, 15) is 0 Å². The van der Waals surface area contributed by atoms with Crippen LogP contribution in [0, 0.1) is 18.8 Å². The molecule has 3 heteroatoms. The molecule has 2 heterocycles. The van der Waals surface area contributed by atoms with Gasteiger partial charge < -0.3 is 10.3 Å². The normalized spacial score (nSPS) is 31.1. The number of hydrogen-bond acceptors (Lipinski definition) is 2. The van der Waals surface area contributed by atoms with Gasteiger partial charge in [-0.3, -0.25) is 0 Å². The molecule has 3 nitrogen and oxygen atoms in total. The van der Waals surface area contributed by atoms with Crippen LogP contribution in [0.2, 0.25) is 0 Å². The fraction of sp³-hybridized carbons (Fsp3) is 0.533. The van der Waals surface area contributed by atoms with E-state index in [0.717, 1.165) is 23.2 Å². The average Bonchev–Trinajstić information content (AvgIpc) is 3.00. The summed E-state index contributed by atoms with van der Waals surface area (Å²) < 4.78 is 0. The SMILES string of the molecule is Cc1ccc2nc(C3NCC4CCCC43)[nH]c2c1. The number of aryl methyl sites for hydroxylation is 1. The Morgan fingerprint density at radius 2 is 2.22 bits per heavy atom. The standard InChI is InChI=1S/C15H19N3/c1-9-5-6-12-13(7-9)18-15(17-12)14-11-4-2-3-10(11)8-16-14/h5-7,10-11,14,16H,2-4,8H2,1H3,(H,17,18). The van der Waals surface area contributed by atoms with Crippen molar-refractivity contribution in [3.63, 3.8) is 0 Å². The number of H-pyrrole nitrogens is 1. The molecule has 1 aromatic heterocycles. The van der Waals surface area contributed by atoms with Gasteiger partial charge in [-0.25, -0.2) is 4.98 Å². The molecule has 2 aromatic rings. The highest BCUT2D eigenvalue weighted by molar-refractivity contribution is 5.75. The molecular formula is C15H19N3. The van der Waals surface area contributed by atoms with E-state index in [2.05, 4.69) is 35.4 Å². The third kappa shape index (κ3) is 1.50. The summed E-state index contributed by atoms with van der Waals surface area (Å²) in [5.41, 5.74) is 3.56. The van der Waals surface area contributed by atoms with Crippen molar-refractivity contribution in [1.29, 1.82) is 0 Å². The summed E-state index contributed by atoms with van der Waals surface area (Å²) in [6.07, 6.45) is 4.15. The molecule has 1 saturated carbocycles. The summed E-state index contributed by atoms with van der Waals surface area (Å²) >= 11 is 0. The van der Waals surface area contributed by atoms with Gasteiger partial charge in [0.1, 0.15) is 5.82 Å². The van der Waals surface area contributed by atoms with Crippen LogP contribution in [0.1, 0.15) is 36.7 Å². The number of hydrogen-bond donors (Lipinski definition) is 2. The van der Waals surface area contributed by atoms with E-state index >= 15 is 0 Å². The second-order valence-electron chi connectivity index (χ2n) is 5.88. The molecular weight excluding hydrogens is 222 g/mol. The lowest BCUT2D eigenvalue weighted by Gasteiger charge is -2.15. The molecule has 3 unspecified atom stereocenters. The van der Waals surface area contributed by atoms with E-state index in [4.69, 9.17) is 4.98 Å². The van der Waals surface area contributed by atoms with Crippen molar-refractivity contribution in [3.05, 3.63) is 29.6 Å². The Kier molecular flexibility index (Phi) is 2.24. The Bertz CT molecular complexity index is 586. The van der Waals surface area contributed by atoms with Crippen LogP contribution in [0.5, 0.6) is 0 Å². The van der Waals surface area contributed by atoms with Crippen LogP contribution >= 0.6 is 0 Å². The summed E-state index contributed by atoms with van der Waals surface area (Å²) in [5.74, 6) is 2.82. The third-order valence-corrected chi connectivity index (χ3v) is 4.70. The Hall–Kier alpha value is -1.35. The number of nitrogens with zero attached hydrogens (tertiary/aromatic N) is 1. The van der Waals surface area contributed by atoms with Crippen LogP contribution in [0.25, 0.3) is 11.0 Å². The predicted octanol–water partition coefficient (Wildman–Crippen LogP) is 2.93. The smallest absolute Gasteiger partial charge is 0.124 e. The first-order valence-corrected chi connectivity index (χ1v) is 7.01. The molecule has 0 bridgehead atoms. The summed E-state index contributed by atoms with van der Waals surface area (Å²) in [6, 6.07) is 6.89. The molecule has 4 rings (SSSR count). The van der Waals surface area contributed by atoms with Gasteiger partial charge in [-0.1, -0.05) is 12.5 Å². The van der Waals surface area contributed by atoms with Crippen LogP contribution in [0.3, 0.4) is 0 Å². The molecule has 1 aromatic carbocycles. The van der Waals surface area contributed by atoms with Crippen LogP contribution in [0.4, 0.5) is 0 Å². The van der Waals surface area contributed by atoms with Gasteiger partial charge in [0.15, 0.2) is 0 Å². The minimum atomic E-state index is 0.449. The number of imidazole rings is 1. The highest BCUT2D eigenvalue weighted by Crippen LogP contribution is 2.43. The number of aromatic nitrogens is 2. The largest absolute Gasteiger partial charge is 0.341 e. The van der Waals surface area contributed by atoms with Crippen LogP contribution in [-0.4, -0.2) is 16.5 Å². The number of aromatic amines is 1. The van der Waals surface area contributed by atoms with E-state index in [1.165, 1.54) is 36.9 Å². The number of rotatable bonds is 1. The van der Waals surface area contributed by atoms with Crippen molar-refractivity contribution in [2.75, 3.05) is 6.54 Å². The molecule has 0 radical (unpaired) electrons. The van der Waals surface area contributed by atoms with Crippen molar-refractivity contribution in [2.24, 2.45) is 11.8 Å². The maximum atomic E-state index is 4.78. The maximum absolute atomic E-state index is 4.78. The zero-order valence-corrected chi connectivity index (χ0v) is 10.7. The quantitative estimate of drug-likeness (QED) is 0.806. The van der Waals surface area contributed by atoms with Gasteiger partial charge in [0, 0.05) is 0 Å². The third-order valence-electron chi connectivity index (χ3n) is 4.70. The maximum Gasteiger partial charge on any atom is 0.124 e. The van der Waals surface area contributed by atoms with Crippen molar-refractivity contribution in [2.45, 2.75) is 32.2 Å². The molecule has 2 N–H and O–H groups in total. The fourth-order valence-corrected chi connectivity index (χ4v) is 3.78. The number of benzene rings is 1. The fourth-order valence-electron chi connectivity index (χ4n) is 3.78. The second kappa shape index (κ2) is 3.82. The van der Waals surface area contributed by atoms with Crippen molar-refractivity contribution in [1.82, 2.24) is 15.3 Å². The predicted molar refractivity (Wildman–Crippen MR) is 72.4 cm³/mol. The lowest BCUT2D eigenvalue weighted by atomic mass is 9.94. The van der Waals surface area contributed by atoms with Crippen molar-refractivity contribution >= 4 is 11.0 Å². The minimum Gasteiger partial charge on any atom is -0.341 e. The zero-order chi connectivity index (χ0) is 12.1. The first kappa shape index (κ1) is 10.6. The highest BCUT2D eigenvalue weighted by Gasteiger charge is 2.40. The van der Waals surface area contributed by atoms with Crippen LogP contribution in [0.15, 0.2) is 18.2 Å². The Labute approximate surface area is 107 Å². The van der Waals surface area contributed by atoms with Gasteiger partial charge in [-0.05, 0) is 55.8 Å². The van der Waals surface area contributed by atoms with Gasteiger partial charge in [0.05, 0.1) is 17.1 Å². The molecule has 0 amide bonds. The molecule has 94 valence electrons. The topological polar surface area (TPSA) is 40.7 Å². The van der Waals surface area contributed by atoms with Gasteiger partial charge in [0.2, 0.25) is 0 Å². The molecule has 2 fully saturated rings. The molecule has 0 spiro atoms. The first-order valence-electron chi connectivity index (χ1n) is 7.01. The molecule has 3 atom stereocenters. The Balaban J connectivity index is 1.74. The molecule has 2 aliphatic rings. The van der Waals surface area contributed by atoms with Crippen LogP contribution < -0.4 is 5.32 Å². The van der Waals surface area contributed by atoms with Gasteiger partial charge in [-0.2, -0.15) is 0 Å². The number of fused-ring (bicyclic) bond motifs is 2. The first-order chi connectivity index (χ1) is 8.81. The van der Waals surface area contributed by atoms with Crippen molar-refractivity contribution < 1.29 is 0 Å². The average molecular weight is 241 g/mol. The summed E-state index contributed by atoms with van der Waals surface area (Å²) in [5, 5.41) is 3.66. The lowest BCUT2D eigenvalue weighted by molar-refractivity contribution is 0.410. The van der Waals surface area contributed by atoms with Gasteiger partial charge in [-0.15, -0.1) is 0 Å². The van der Waals surface area contributed by atoms with Crippen molar-refractivity contribution in [3.8, 4) is 0 Å². The molecule has 18 heavy (non-hydrogen) atoms. The number of nitrogens with one attached hydrogen (secondary N) is 2. The van der Waals surface area contributed by atoms with Crippen LogP contribution in [-0.2, 0) is 0 Å². The molecule has 1 saturated heterocycles. The van der Waals surface area contributed by atoms with E-state index in [-0.39, 0.29) is 0 Å².